The van der Waals surface area contributed by atoms with Crippen molar-refractivity contribution in [3.8, 4) is 0 Å². The second-order valence-corrected chi connectivity index (χ2v) is 4.89. The molecule has 0 aliphatic heterocycles. The molecule has 3 heteroatoms. The van der Waals surface area contributed by atoms with Crippen LogP contribution in [0.2, 0.25) is 0 Å². The van der Waals surface area contributed by atoms with Gasteiger partial charge in [0.1, 0.15) is 0 Å². The minimum Gasteiger partial charge on any atom is -0.380 e. The molecule has 0 fully saturated rings. The lowest BCUT2D eigenvalue weighted by Crippen LogP contribution is -2.15. The van der Waals surface area contributed by atoms with Crippen LogP contribution in [0.3, 0.4) is 0 Å². The van der Waals surface area contributed by atoms with E-state index in [2.05, 4.69) is 6.07 Å². The summed E-state index contributed by atoms with van der Waals surface area (Å²) >= 11 is 1.88. The van der Waals surface area contributed by atoms with Gasteiger partial charge in [0.25, 0.3) is 0 Å². The van der Waals surface area contributed by atoms with E-state index in [9.17, 15) is 0 Å². The first-order valence-corrected chi connectivity index (χ1v) is 6.07. The SMILES string of the molecule is CCOCC(N)c1cc2c(s1)CCC2. The summed E-state index contributed by atoms with van der Waals surface area (Å²) in [6.07, 6.45) is 3.82. The maximum Gasteiger partial charge on any atom is 0.0667 e. The summed E-state index contributed by atoms with van der Waals surface area (Å²) in [6, 6.07) is 2.35. The Hall–Kier alpha value is -0.380. The van der Waals surface area contributed by atoms with Crippen molar-refractivity contribution >= 4 is 11.3 Å². The van der Waals surface area contributed by atoms with E-state index in [-0.39, 0.29) is 6.04 Å². The van der Waals surface area contributed by atoms with Crippen LogP contribution in [-0.4, -0.2) is 13.2 Å². The zero-order valence-electron chi connectivity index (χ0n) is 8.58. The van der Waals surface area contributed by atoms with Gasteiger partial charge in [0.2, 0.25) is 0 Å². The second-order valence-electron chi connectivity index (χ2n) is 3.72. The van der Waals surface area contributed by atoms with E-state index in [1.165, 1.54) is 29.7 Å². The molecular weight excluding hydrogens is 194 g/mol. The Morgan fingerprint density at radius 2 is 2.43 bits per heavy atom. The third-order valence-electron chi connectivity index (χ3n) is 2.63. The van der Waals surface area contributed by atoms with Crippen LogP contribution in [0.25, 0.3) is 0 Å². The predicted molar refractivity (Wildman–Crippen MR) is 59.8 cm³/mol. The predicted octanol–water partition coefficient (Wildman–Crippen LogP) is 2.27. The number of thiophene rings is 1. The normalized spacial score (nSPS) is 17.0. The second kappa shape index (κ2) is 4.43. The molecule has 1 aliphatic carbocycles. The van der Waals surface area contributed by atoms with Crippen molar-refractivity contribution in [3.63, 3.8) is 0 Å². The van der Waals surface area contributed by atoms with Gasteiger partial charge in [0.05, 0.1) is 12.6 Å². The van der Waals surface area contributed by atoms with Crippen molar-refractivity contribution in [2.75, 3.05) is 13.2 Å². The van der Waals surface area contributed by atoms with Crippen LogP contribution in [-0.2, 0) is 17.6 Å². The van der Waals surface area contributed by atoms with Crippen molar-refractivity contribution in [2.24, 2.45) is 5.73 Å². The van der Waals surface area contributed by atoms with Crippen LogP contribution < -0.4 is 5.73 Å². The average molecular weight is 211 g/mol. The summed E-state index contributed by atoms with van der Waals surface area (Å²) in [5.41, 5.74) is 7.55. The van der Waals surface area contributed by atoms with Gasteiger partial charge in [-0.05, 0) is 37.8 Å². The molecule has 0 amide bonds. The third kappa shape index (κ3) is 2.00. The molecule has 0 aromatic carbocycles. The zero-order chi connectivity index (χ0) is 9.97. The molecule has 0 radical (unpaired) electrons. The first kappa shape index (κ1) is 10.1. The van der Waals surface area contributed by atoms with Gasteiger partial charge in [-0.2, -0.15) is 0 Å². The lowest BCUT2D eigenvalue weighted by molar-refractivity contribution is 0.134. The maximum atomic E-state index is 6.03. The molecule has 2 rings (SSSR count). The molecule has 1 heterocycles. The highest BCUT2D eigenvalue weighted by Gasteiger charge is 2.17. The molecule has 1 aromatic rings. The fourth-order valence-corrected chi connectivity index (χ4v) is 3.11. The van der Waals surface area contributed by atoms with Gasteiger partial charge in [-0.3, -0.25) is 0 Å². The fraction of sp³-hybridized carbons (Fsp3) is 0.636. The van der Waals surface area contributed by atoms with Crippen molar-refractivity contribution in [1.29, 1.82) is 0 Å². The first-order chi connectivity index (χ1) is 6.81. The minimum atomic E-state index is 0.0746. The van der Waals surface area contributed by atoms with E-state index in [4.69, 9.17) is 10.5 Å². The minimum absolute atomic E-state index is 0.0746. The van der Waals surface area contributed by atoms with E-state index in [0.29, 0.717) is 6.61 Å². The number of aryl methyl sites for hydroxylation is 2. The maximum absolute atomic E-state index is 6.03. The van der Waals surface area contributed by atoms with Crippen molar-refractivity contribution < 1.29 is 4.74 Å². The number of hydrogen-bond acceptors (Lipinski definition) is 3. The Morgan fingerprint density at radius 3 is 3.14 bits per heavy atom. The number of hydrogen-bond donors (Lipinski definition) is 1. The largest absolute Gasteiger partial charge is 0.380 e. The Balaban J connectivity index is 2.02. The van der Waals surface area contributed by atoms with Gasteiger partial charge in [0, 0.05) is 16.4 Å². The molecule has 0 spiro atoms. The van der Waals surface area contributed by atoms with Crippen LogP contribution in [0.1, 0.15) is 34.7 Å². The van der Waals surface area contributed by atoms with Gasteiger partial charge in [-0.15, -0.1) is 11.3 Å². The third-order valence-corrected chi connectivity index (χ3v) is 4.00. The smallest absolute Gasteiger partial charge is 0.0667 e. The van der Waals surface area contributed by atoms with E-state index in [1.807, 2.05) is 18.3 Å². The number of rotatable bonds is 4. The van der Waals surface area contributed by atoms with Gasteiger partial charge in [-0.25, -0.2) is 0 Å². The Morgan fingerprint density at radius 1 is 1.57 bits per heavy atom. The number of fused-ring (bicyclic) bond motifs is 1. The van der Waals surface area contributed by atoms with Crippen molar-refractivity contribution in [2.45, 2.75) is 32.2 Å². The Labute approximate surface area is 89.1 Å². The molecule has 1 aromatic heterocycles. The Kier molecular flexibility index (Phi) is 3.21. The number of nitrogens with two attached hydrogens (primary N) is 1. The fourth-order valence-electron chi connectivity index (χ4n) is 1.86. The van der Waals surface area contributed by atoms with Gasteiger partial charge >= 0.3 is 0 Å². The van der Waals surface area contributed by atoms with Crippen LogP contribution in [0.15, 0.2) is 6.07 Å². The standard InChI is InChI=1S/C11H17NOS/c1-2-13-7-9(12)11-6-8-4-3-5-10(8)14-11/h6,9H,2-5,7,12H2,1H3. The highest BCUT2D eigenvalue weighted by molar-refractivity contribution is 7.12. The van der Waals surface area contributed by atoms with E-state index >= 15 is 0 Å². The topological polar surface area (TPSA) is 35.2 Å². The summed E-state index contributed by atoms with van der Waals surface area (Å²) in [6.45, 7) is 3.40. The first-order valence-electron chi connectivity index (χ1n) is 5.26. The Bertz CT molecular complexity index is 287. The number of ether oxygens (including phenoxy) is 1. The summed E-state index contributed by atoms with van der Waals surface area (Å²) in [5, 5.41) is 0. The highest BCUT2D eigenvalue weighted by Crippen LogP contribution is 2.33. The molecule has 1 aliphatic rings. The van der Waals surface area contributed by atoms with Gasteiger partial charge in [0.15, 0.2) is 0 Å². The summed E-state index contributed by atoms with van der Waals surface area (Å²) in [7, 11) is 0. The summed E-state index contributed by atoms with van der Waals surface area (Å²) in [5.74, 6) is 0. The van der Waals surface area contributed by atoms with Crippen molar-refractivity contribution in [1.82, 2.24) is 0 Å². The molecule has 2 nitrogen and oxygen atoms in total. The molecule has 1 unspecified atom stereocenters. The molecular formula is C11H17NOS. The average Bonchev–Trinajstić information content (AvgIpc) is 2.72. The van der Waals surface area contributed by atoms with Gasteiger partial charge < -0.3 is 10.5 Å². The van der Waals surface area contributed by atoms with Crippen LogP contribution in [0.4, 0.5) is 0 Å². The molecule has 0 bridgehead atoms. The highest BCUT2D eigenvalue weighted by atomic mass is 32.1. The molecule has 78 valence electrons. The quantitative estimate of drug-likeness (QED) is 0.829. The van der Waals surface area contributed by atoms with Gasteiger partial charge in [-0.1, -0.05) is 0 Å². The molecule has 14 heavy (non-hydrogen) atoms. The van der Waals surface area contributed by atoms with Crippen LogP contribution in [0.5, 0.6) is 0 Å². The van der Waals surface area contributed by atoms with E-state index < -0.39 is 0 Å². The molecule has 1 atom stereocenters. The lowest BCUT2D eigenvalue weighted by atomic mass is 10.2. The van der Waals surface area contributed by atoms with Crippen LogP contribution >= 0.6 is 11.3 Å². The molecule has 0 saturated heterocycles. The molecule has 2 N–H and O–H groups in total. The van der Waals surface area contributed by atoms with E-state index in [1.54, 1.807) is 4.88 Å². The lowest BCUT2D eigenvalue weighted by Gasteiger charge is -2.08. The summed E-state index contributed by atoms with van der Waals surface area (Å²) in [4.78, 5) is 2.84. The van der Waals surface area contributed by atoms with E-state index in [0.717, 1.165) is 6.61 Å². The van der Waals surface area contributed by atoms with Crippen LogP contribution in [0, 0.1) is 0 Å². The monoisotopic (exact) mass is 211 g/mol. The summed E-state index contributed by atoms with van der Waals surface area (Å²) < 4.78 is 5.33. The van der Waals surface area contributed by atoms with Crippen molar-refractivity contribution in [3.05, 3.63) is 21.4 Å². The molecule has 0 saturated carbocycles. The zero-order valence-corrected chi connectivity index (χ0v) is 9.40.